The van der Waals surface area contributed by atoms with Crippen molar-refractivity contribution >= 4 is 35.3 Å². The zero-order chi connectivity index (χ0) is 19.6. The second-order valence-electron chi connectivity index (χ2n) is 6.49. The largest absolute Gasteiger partial charge is 0.481 e. The summed E-state index contributed by atoms with van der Waals surface area (Å²) >= 11 is 0. The van der Waals surface area contributed by atoms with Crippen molar-refractivity contribution in [3.8, 4) is 0 Å². The van der Waals surface area contributed by atoms with Gasteiger partial charge in [0.15, 0.2) is 0 Å². The second-order valence-corrected chi connectivity index (χ2v) is 6.49. The average molecular weight is 373 g/mol. The summed E-state index contributed by atoms with van der Waals surface area (Å²) in [5, 5.41) is 13.9. The minimum atomic E-state index is -0.984. The summed E-state index contributed by atoms with van der Waals surface area (Å²) in [7, 11) is 0. The van der Waals surface area contributed by atoms with Gasteiger partial charge in [-0.25, -0.2) is 0 Å². The number of nitrogens with zero attached hydrogens (tertiary/aromatic N) is 1. The maximum absolute atomic E-state index is 12.7. The fourth-order valence-corrected chi connectivity index (χ4v) is 3.21. The molecule has 1 unspecified atom stereocenters. The van der Waals surface area contributed by atoms with Crippen molar-refractivity contribution in [2.45, 2.75) is 38.1 Å². The van der Waals surface area contributed by atoms with Crippen LogP contribution in [0.25, 0.3) is 0 Å². The number of carbonyl (C=O) groups is 5. The number of unbranched alkanes of at least 4 members (excludes halogenated alkanes) is 1. The van der Waals surface area contributed by atoms with Crippen LogP contribution in [-0.4, -0.2) is 52.2 Å². The Labute approximate surface area is 154 Å². The molecule has 1 fully saturated rings. The highest BCUT2D eigenvalue weighted by Gasteiger charge is 2.44. The van der Waals surface area contributed by atoms with Gasteiger partial charge in [-0.1, -0.05) is 0 Å². The van der Waals surface area contributed by atoms with Gasteiger partial charge in [-0.3, -0.25) is 34.2 Å². The van der Waals surface area contributed by atoms with E-state index in [1.165, 1.54) is 6.07 Å². The monoisotopic (exact) mass is 373 g/mol. The smallest absolute Gasteiger partial charge is 0.303 e. The molecule has 2 aliphatic heterocycles. The van der Waals surface area contributed by atoms with E-state index in [2.05, 4.69) is 10.6 Å². The van der Waals surface area contributed by atoms with Crippen LogP contribution in [0.15, 0.2) is 18.2 Å². The summed E-state index contributed by atoms with van der Waals surface area (Å²) in [4.78, 5) is 60.0. The molecule has 142 valence electrons. The number of carboxylic acid groups (broad SMARTS) is 1. The number of benzene rings is 1. The molecule has 27 heavy (non-hydrogen) atoms. The lowest BCUT2D eigenvalue weighted by Gasteiger charge is -2.27. The lowest BCUT2D eigenvalue weighted by Crippen LogP contribution is -2.54. The van der Waals surface area contributed by atoms with Gasteiger partial charge in [-0.05, 0) is 37.5 Å². The van der Waals surface area contributed by atoms with Crippen LogP contribution in [0.1, 0.15) is 52.8 Å². The molecular formula is C18H19N3O6. The Bertz CT molecular complexity index is 834. The maximum atomic E-state index is 12.7. The van der Waals surface area contributed by atoms with Crippen molar-refractivity contribution in [2.24, 2.45) is 0 Å². The Hall–Kier alpha value is -3.23. The van der Waals surface area contributed by atoms with Crippen LogP contribution in [0, 0.1) is 0 Å². The van der Waals surface area contributed by atoms with Gasteiger partial charge in [-0.15, -0.1) is 0 Å². The summed E-state index contributed by atoms with van der Waals surface area (Å²) in [5.41, 5.74) is 1.07. The molecule has 0 radical (unpaired) electrons. The predicted molar refractivity (Wildman–Crippen MR) is 93.1 cm³/mol. The molecule has 0 aliphatic carbocycles. The Kier molecular flexibility index (Phi) is 5.20. The summed E-state index contributed by atoms with van der Waals surface area (Å²) in [6, 6.07) is 3.76. The van der Waals surface area contributed by atoms with E-state index in [-0.39, 0.29) is 30.4 Å². The molecule has 1 aromatic carbocycles. The quantitative estimate of drug-likeness (QED) is 0.474. The van der Waals surface area contributed by atoms with Crippen LogP contribution < -0.4 is 10.6 Å². The van der Waals surface area contributed by atoms with Crippen LogP contribution in [0.2, 0.25) is 0 Å². The number of nitrogens with one attached hydrogen (secondary N) is 2. The standard InChI is InChI=1S/C18H19N3O6/c22-14-7-6-13(16(25)20-14)21-17(26)11-5-4-10(9-12(11)18(21)27)19-8-2-1-3-15(23)24/h4-5,9,13,19H,1-3,6-8H2,(H,23,24)(H,20,22,25). The molecule has 0 aromatic heterocycles. The molecule has 3 rings (SSSR count). The van der Waals surface area contributed by atoms with Crippen molar-refractivity contribution in [3.63, 3.8) is 0 Å². The first-order valence-corrected chi connectivity index (χ1v) is 8.70. The molecule has 9 nitrogen and oxygen atoms in total. The number of rotatable bonds is 7. The summed E-state index contributed by atoms with van der Waals surface area (Å²) in [6.07, 6.45) is 1.48. The lowest BCUT2D eigenvalue weighted by atomic mass is 10.0. The van der Waals surface area contributed by atoms with E-state index in [4.69, 9.17) is 5.11 Å². The van der Waals surface area contributed by atoms with E-state index in [1.807, 2.05) is 0 Å². The number of anilines is 1. The predicted octanol–water partition coefficient (Wildman–Crippen LogP) is 0.755. The van der Waals surface area contributed by atoms with Gasteiger partial charge in [-0.2, -0.15) is 0 Å². The number of hydrogen-bond acceptors (Lipinski definition) is 6. The van der Waals surface area contributed by atoms with Gasteiger partial charge >= 0.3 is 5.97 Å². The number of imide groups is 2. The minimum absolute atomic E-state index is 0.0763. The highest BCUT2D eigenvalue weighted by atomic mass is 16.4. The molecule has 0 spiro atoms. The fourth-order valence-electron chi connectivity index (χ4n) is 3.21. The maximum Gasteiger partial charge on any atom is 0.303 e. The van der Waals surface area contributed by atoms with E-state index in [0.717, 1.165) is 4.90 Å². The zero-order valence-electron chi connectivity index (χ0n) is 14.5. The average Bonchev–Trinajstić information content (AvgIpc) is 2.86. The fraction of sp³-hybridized carbons (Fsp3) is 0.389. The Morgan fingerprint density at radius 2 is 1.89 bits per heavy atom. The molecule has 4 amide bonds. The normalized spacial score (nSPS) is 19.1. The number of carbonyl (C=O) groups excluding carboxylic acids is 4. The molecule has 2 heterocycles. The molecule has 0 saturated carbocycles. The minimum Gasteiger partial charge on any atom is -0.481 e. The van der Waals surface area contributed by atoms with Gasteiger partial charge in [0.05, 0.1) is 11.1 Å². The van der Waals surface area contributed by atoms with E-state index in [9.17, 15) is 24.0 Å². The third-order valence-electron chi connectivity index (χ3n) is 4.59. The number of piperidine rings is 1. The Balaban J connectivity index is 1.68. The number of fused-ring (bicyclic) bond motifs is 1. The Morgan fingerprint density at radius 1 is 1.15 bits per heavy atom. The summed E-state index contributed by atoms with van der Waals surface area (Å²) in [5.74, 6) is -3.00. The summed E-state index contributed by atoms with van der Waals surface area (Å²) in [6.45, 7) is 0.533. The Morgan fingerprint density at radius 3 is 2.59 bits per heavy atom. The number of aliphatic carboxylic acids is 1. The third-order valence-corrected chi connectivity index (χ3v) is 4.59. The highest BCUT2D eigenvalue weighted by molar-refractivity contribution is 6.23. The number of hydrogen-bond donors (Lipinski definition) is 3. The van der Waals surface area contributed by atoms with E-state index in [0.29, 0.717) is 25.1 Å². The van der Waals surface area contributed by atoms with Crippen molar-refractivity contribution in [3.05, 3.63) is 29.3 Å². The van der Waals surface area contributed by atoms with Crippen LogP contribution in [0.5, 0.6) is 0 Å². The zero-order valence-corrected chi connectivity index (χ0v) is 14.5. The van der Waals surface area contributed by atoms with Crippen LogP contribution in [0.4, 0.5) is 5.69 Å². The SMILES string of the molecule is O=C(O)CCCCNc1ccc2c(c1)C(=O)N(C1CCC(=O)NC1=O)C2=O. The molecular weight excluding hydrogens is 354 g/mol. The summed E-state index contributed by atoms with van der Waals surface area (Å²) < 4.78 is 0. The van der Waals surface area contributed by atoms with E-state index in [1.54, 1.807) is 12.1 Å². The molecule has 9 heteroatoms. The van der Waals surface area contributed by atoms with Crippen molar-refractivity contribution in [1.82, 2.24) is 10.2 Å². The number of amides is 4. The topological polar surface area (TPSA) is 133 Å². The highest BCUT2D eigenvalue weighted by Crippen LogP contribution is 2.29. The third kappa shape index (κ3) is 3.81. The molecule has 1 aromatic rings. The van der Waals surface area contributed by atoms with Crippen molar-refractivity contribution in [1.29, 1.82) is 0 Å². The van der Waals surface area contributed by atoms with Crippen LogP contribution >= 0.6 is 0 Å². The van der Waals surface area contributed by atoms with Gasteiger partial charge in [0.2, 0.25) is 11.8 Å². The van der Waals surface area contributed by atoms with Gasteiger partial charge in [0, 0.05) is 25.1 Å². The molecule has 2 aliphatic rings. The first kappa shape index (κ1) is 18.6. The second kappa shape index (κ2) is 7.56. The first-order chi connectivity index (χ1) is 12.9. The van der Waals surface area contributed by atoms with E-state index < -0.39 is 35.6 Å². The van der Waals surface area contributed by atoms with Gasteiger partial charge < -0.3 is 10.4 Å². The first-order valence-electron chi connectivity index (χ1n) is 8.70. The van der Waals surface area contributed by atoms with Crippen LogP contribution in [0.3, 0.4) is 0 Å². The molecule has 0 bridgehead atoms. The van der Waals surface area contributed by atoms with Crippen molar-refractivity contribution < 1.29 is 29.1 Å². The lowest BCUT2D eigenvalue weighted by molar-refractivity contribution is -0.138. The van der Waals surface area contributed by atoms with Crippen molar-refractivity contribution in [2.75, 3.05) is 11.9 Å². The van der Waals surface area contributed by atoms with Gasteiger partial charge in [0.25, 0.3) is 11.8 Å². The van der Waals surface area contributed by atoms with E-state index >= 15 is 0 Å². The van der Waals surface area contributed by atoms with Gasteiger partial charge in [0.1, 0.15) is 6.04 Å². The molecule has 1 atom stereocenters. The number of carboxylic acids is 1. The van der Waals surface area contributed by atoms with Crippen LogP contribution in [-0.2, 0) is 14.4 Å². The molecule has 1 saturated heterocycles. The molecule has 3 N–H and O–H groups in total.